The number of carboxylic acid groups (broad SMARTS) is 1. The first-order valence-electron chi connectivity index (χ1n) is 7.70. The molecule has 1 aliphatic heterocycles. The fraction of sp³-hybridized carbons (Fsp3) is 0.353. The number of amides is 1. The Bertz CT molecular complexity index is 716. The lowest BCUT2D eigenvalue weighted by molar-refractivity contribution is -0.158. The van der Waals surface area contributed by atoms with Gasteiger partial charge in [-0.3, -0.25) is 4.79 Å². The van der Waals surface area contributed by atoms with Crippen LogP contribution in [0.1, 0.15) is 16.3 Å². The second-order valence-electron chi connectivity index (χ2n) is 5.59. The number of morpholine rings is 1. The summed E-state index contributed by atoms with van der Waals surface area (Å²) in [7, 11) is 0. The molecule has 6 nitrogen and oxygen atoms in total. The number of aliphatic carboxylic acids is 1. The van der Waals surface area contributed by atoms with Gasteiger partial charge in [0.15, 0.2) is 6.04 Å². The zero-order chi connectivity index (χ0) is 16.9. The normalized spacial score (nSPS) is 17.7. The van der Waals surface area contributed by atoms with Gasteiger partial charge in [-0.25, -0.2) is 9.78 Å². The van der Waals surface area contributed by atoms with Gasteiger partial charge < -0.3 is 14.7 Å². The van der Waals surface area contributed by atoms with Crippen molar-refractivity contribution in [2.75, 3.05) is 19.8 Å². The summed E-state index contributed by atoms with van der Waals surface area (Å²) in [4.78, 5) is 29.5. The molecule has 0 radical (unpaired) electrons. The van der Waals surface area contributed by atoms with Crippen molar-refractivity contribution in [3.8, 4) is 0 Å². The predicted molar refractivity (Wildman–Crippen MR) is 89.0 cm³/mol. The van der Waals surface area contributed by atoms with Crippen molar-refractivity contribution in [2.45, 2.75) is 18.9 Å². The highest BCUT2D eigenvalue weighted by Gasteiger charge is 2.32. The van der Waals surface area contributed by atoms with Gasteiger partial charge in [0.1, 0.15) is 0 Å². The van der Waals surface area contributed by atoms with E-state index < -0.39 is 12.0 Å². The van der Waals surface area contributed by atoms with E-state index >= 15 is 0 Å². The molecule has 1 fully saturated rings. The monoisotopic (exact) mass is 346 g/mol. The summed E-state index contributed by atoms with van der Waals surface area (Å²) in [6.07, 6.45) is 0.851. The van der Waals surface area contributed by atoms with Crippen LogP contribution >= 0.6 is 11.3 Å². The third-order valence-electron chi connectivity index (χ3n) is 3.86. The van der Waals surface area contributed by atoms with E-state index in [-0.39, 0.29) is 18.9 Å². The zero-order valence-electron chi connectivity index (χ0n) is 13.1. The molecular formula is C17H18N2O4S. The van der Waals surface area contributed by atoms with Gasteiger partial charge in [-0.15, -0.1) is 11.3 Å². The van der Waals surface area contributed by atoms with E-state index in [0.717, 1.165) is 11.4 Å². The second kappa shape index (κ2) is 7.55. The minimum Gasteiger partial charge on any atom is -0.480 e. The van der Waals surface area contributed by atoms with Crippen molar-refractivity contribution in [1.29, 1.82) is 0 Å². The summed E-state index contributed by atoms with van der Waals surface area (Å²) in [5.74, 6) is -1.26. The number of hydrogen-bond acceptors (Lipinski definition) is 5. The molecule has 1 atom stereocenters. The third-order valence-corrected chi connectivity index (χ3v) is 4.76. The average Bonchev–Trinajstić information content (AvgIpc) is 3.02. The van der Waals surface area contributed by atoms with Gasteiger partial charge in [-0.1, -0.05) is 30.3 Å². The van der Waals surface area contributed by atoms with Crippen LogP contribution in [0.15, 0.2) is 35.7 Å². The van der Waals surface area contributed by atoms with Crippen molar-refractivity contribution in [3.05, 3.63) is 52.0 Å². The minimum absolute atomic E-state index is 0.0391. The van der Waals surface area contributed by atoms with Crippen LogP contribution in [0.5, 0.6) is 0 Å². The van der Waals surface area contributed by atoms with Crippen molar-refractivity contribution in [2.24, 2.45) is 0 Å². The lowest BCUT2D eigenvalue weighted by Gasteiger charge is -2.32. The highest BCUT2D eigenvalue weighted by Crippen LogP contribution is 2.17. The van der Waals surface area contributed by atoms with Crippen molar-refractivity contribution in [3.63, 3.8) is 0 Å². The second-order valence-corrected chi connectivity index (χ2v) is 6.53. The Hall–Kier alpha value is -2.25. The van der Waals surface area contributed by atoms with Crippen LogP contribution in [0, 0.1) is 0 Å². The van der Waals surface area contributed by atoms with E-state index in [1.165, 1.54) is 21.8 Å². The van der Waals surface area contributed by atoms with E-state index in [4.69, 9.17) is 4.74 Å². The van der Waals surface area contributed by atoms with E-state index in [1.807, 2.05) is 35.7 Å². The van der Waals surface area contributed by atoms with Gasteiger partial charge in [-0.2, -0.15) is 0 Å². The summed E-state index contributed by atoms with van der Waals surface area (Å²) >= 11 is 1.52. The molecule has 1 N–H and O–H groups in total. The number of carboxylic acids is 1. The highest BCUT2D eigenvalue weighted by molar-refractivity contribution is 7.09. The fourth-order valence-corrected chi connectivity index (χ4v) is 3.47. The molecule has 0 bridgehead atoms. The maximum absolute atomic E-state index is 12.4. The van der Waals surface area contributed by atoms with Crippen LogP contribution in [0.3, 0.4) is 0 Å². The number of benzene rings is 1. The highest BCUT2D eigenvalue weighted by atomic mass is 32.1. The summed E-state index contributed by atoms with van der Waals surface area (Å²) in [5, 5.41) is 12.0. The number of aromatic nitrogens is 1. The standard InChI is InChI=1S/C17H18N2O4S/c20-16(19-6-7-23-10-14(19)17(21)22)9-13-11-24-15(18-13)8-12-4-2-1-3-5-12/h1-5,11,14H,6-10H2,(H,21,22)/t14-/m1/s1. The maximum Gasteiger partial charge on any atom is 0.328 e. The van der Waals surface area contributed by atoms with Crippen LogP contribution in [0.4, 0.5) is 0 Å². The molecule has 0 spiro atoms. The largest absolute Gasteiger partial charge is 0.480 e. The Kier molecular flexibility index (Phi) is 5.22. The van der Waals surface area contributed by atoms with Crippen LogP contribution < -0.4 is 0 Å². The van der Waals surface area contributed by atoms with Gasteiger partial charge >= 0.3 is 5.97 Å². The Labute approximate surface area is 143 Å². The SMILES string of the molecule is O=C(O)[C@H]1COCCN1C(=O)Cc1csc(Cc2ccccc2)n1. The quantitative estimate of drug-likeness (QED) is 0.889. The van der Waals surface area contributed by atoms with Crippen molar-refractivity contribution < 1.29 is 19.4 Å². The van der Waals surface area contributed by atoms with Crippen LogP contribution in [0.25, 0.3) is 0 Å². The maximum atomic E-state index is 12.4. The summed E-state index contributed by atoms with van der Waals surface area (Å²) < 4.78 is 5.16. The molecular weight excluding hydrogens is 328 g/mol. The molecule has 7 heteroatoms. The molecule has 1 saturated heterocycles. The molecule has 2 heterocycles. The Morgan fingerprint density at radius 3 is 2.88 bits per heavy atom. The van der Waals surface area contributed by atoms with Crippen LogP contribution in [-0.4, -0.2) is 52.7 Å². The first-order chi connectivity index (χ1) is 11.6. The van der Waals surface area contributed by atoms with Gasteiger partial charge in [-0.05, 0) is 5.56 Å². The first kappa shape index (κ1) is 16.6. The number of thiazole rings is 1. The van der Waals surface area contributed by atoms with Crippen molar-refractivity contribution >= 4 is 23.2 Å². The number of carbonyl (C=O) groups is 2. The zero-order valence-corrected chi connectivity index (χ0v) is 13.9. The summed E-state index contributed by atoms with van der Waals surface area (Å²) in [5.41, 5.74) is 1.86. The molecule has 1 aliphatic rings. The smallest absolute Gasteiger partial charge is 0.328 e. The first-order valence-corrected chi connectivity index (χ1v) is 8.58. The Morgan fingerprint density at radius 1 is 1.33 bits per heavy atom. The molecule has 1 amide bonds. The van der Waals surface area contributed by atoms with E-state index in [1.54, 1.807) is 0 Å². The molecule has 0 unspecified atom stereocenters. The van der Waals surface area contributed by atoms with Crippen molar-refractivity contribution in [1.82, 2.24) is 9.88 Å². The molecule has 24 heavy (non-hydrogen) atoms. The third kappa shape index (κ3) is 3.98. The molecule has 1 aromatic heterocycles. The number of carbonyl (C=O) groups excluding carboxylic acids is 1. The number of rotatable bonds is 5. The number of hydrogen-bond donors (Lipinski definition) is 1. The van der Waals surface area contributed by atoms with Crippen LogP contribution in [-0.2, 0) is 27.2 Å². The number of ether oxygens (including phenoxy) is 1. The Morgan fingerprint density at radius 2 is 2.12 bits per heavy atom. The molecule has 126 valence electrons. The van der Waals surface area contributed by atoms with Gasteiger partial charge in [0.2, 0.25) is 5.91 Å². The van der Waals surface area contributed by atoms with Gasteiger partial charge in [0, 0.05) is 18.3 Å². The van der Waals surface area contributed by atoms with E-state index in [2.05, 4.69) is 4.98 Å². The fourth-order valence-electron chi connectivity index (χ4n) is 2.65. The molecule has 0 saturated carbocycles. The molecule has 3 rings (SSSR count). The molecule has 0 aliphatic carbocycles. The summed E-state index contributed by atoms with van der Waals surface area (Å²) in [6, 6.07) is 9.11. The molecule has 1 aromatic carbocycles. The Balaban J connectivity index is 1.63. The topological polar surface area (TPSA) is 79.7 Å². The minimum atomic E-state index is -1.04. The lowest BCUT2D eigenvalue weighted by Crippen LogP contribution is -2.53. The summed E-state index contributed by atoms with van der Waals surface area (Å²) in [6.45, 7) is 0.708. The lowest BCUT2D eigenvalue weighted by atomic mass is 10.1. The van der Waals surface area contributed by atoms with Gasteiger partial charge in [0.05, 0.1) is 30.3 Å². The number of nitrogens with zero attached hydrogens (tertiary/aromatic N) is 2. The van der Waals surface area contributed by atoms with E-state index in [0.29, 0.717) is 18.8 Å². The molecule has 2 aromatic rings. The van der Waals surface area contributed by atoms with Gasteiger partial charge in [0.25, 0.3) is 0 Å². The average molecular weight is 346 g/mol. The van der Waals surface area contributed by atoms with Crippen LogP contribution in [0.2, 0.25) is 0 Å². The van der Waals surface area contributed by atoms with E-state index in [9.17, 15) is 14.7 Å². The predicted octanol–water partition coefficient (Wildman–Crippen LogP) is 1.59.